The van der Waals surface area contributed by atoms with Crippen LogP contribution in [0.25, 0.3) is 0 Å². The molecule has 0 rings (SSSR count). The Morgan fingerprint density at radius 2 is 1.54 bits per heavy atom. The maximum atomic E-state index is 8.38. The highest BCUT2D eigenvalue weighted by Gasteiger charge is 1.97. The van der Waals surface area contributed by atoms with E-state index < -0.39 is 0 Å². The lowest BCUT2D eigenvalue weighted by Crippen LogP contribution is -1.99. The van der Waals surface area contributed by atoms with Gasteiger partial charge in [-0.1, -0.05) is 20.1 Å². The van der Waals surface area contributed by atoms with Crippen LogP contribution in [0.5, 0.6) is 0 Å². The molecule has 13 heavy (non-hydrogen) atoms. The van der Waals surface area contributed by atoms with Gasteiger partial charge in [0.25, 0.3) is 0 Å². The zero-order chi connectivity index (χ0) is 10.5. The van der Waals surface area contributed by atoms with Crippen LogP contribution in [0, 0.1) is 5.92 Å². The molecule has 0 unspecified atom stereocenters. The first-order valence-corrected chi connectivity index (χ1v) is 4.31. The summed E-state index contributed by atoms with van der Waals surface area (Å²) in [6.07, 6.45) is 4.24. The third-order valence-corrected chi connectivity index (χ3v) is 1.44. The summed E-state index contributed by atoms with van der Waals surface area (Å²) in [6, 6.07) is 0. The number of rotatable bonds is 6. The van der Waals surface area contributed by atoms with Gasteiger partial charge in [-0.3, -0.25) is 0 Å². The van der Waals surface area contributed by atoms with Crippen molar-refractivity contribution < 1.29 is 14.9 Å². The highest BCUT2D eigenvalue weighted by Crippen LogP contribution is 2.03. The number of aliphatic hydroxyl groups excluding tert-OH is 2. The quantitative estimate of drug-likeness (QED) is 0.623. The largest absolute Gasteiger partial charge is 0.474 e. The van der Waals surface area contributed by atoms with E-state index in [1.54, 1.807) is 0 Å². The first kappa shape index (κ1) is 14.7. The van der Waals surface area contributed by atoms with Crippen molar-refractivity contribution in [3.05, 3.63) is 25.7 Å². The highest BCUT2D eigenvalue weighted by molar-refractivity contribution is 4.57. The number of hydrogen-bond donors (Lipinski definition) is 2. The molecule has 3 heteroatoms. The fourth-order valence-corrected chi connectivity index (χ4v) is 0.653. The van der Waals surface area contributed by atoms with Crippen LogP contribution in [0.15, 0.2) is 25.7 Å². The van der Waals surface area contributed by atoms with Crippen molar-refractivity contribution in [3.8, 4) is 0 Å². The van der Waals surface area contributed by atoms with Crippen molar-refractivity contribution >= 4 is 0 Å². The van der Waals surface area contributed by atoms with E-state index in [9.17, 15) is 0 Å². The molecule has 0 heterocycles. The fraction of sp³-hybridized carbons (Fsp3) is 0.600. The van der Waals surface area contributed by atoms with E-state index in [0.717, 1.165) is 12.8 Å². The van der Waals surface area contributed by atoms with Crippen molar-refractivity contribution in [1.82, 2.24) is 0 Å². The lowest BCUT2D eigenvalue weighted by molar-refractivity contribution is 0.223. The van der Waals surface area contributed by atoms with Crippen molar-refractivity contribution in [2.75, 3.05) is 13.2 Å². The maximum absolute atomic E-state index is 8.38. The Kier molecular flexibility index (Phi) is 15.6. The van der Waals surface area contributed by atoms with Crippen LogP contribution < -0.4 is 0 Å². The maximum Gasteiger partial charge on any atom is 0.0829 e. The molecule has 78 valence electrons. The molecule has 0 aliphatic heterocycles. The second kappa shape index (κ2) is 13.8. The standard InChI is InChI=1S/C6H14O2.C4H6O/c1-6(2-4-7)3-5-8;1-3-5-4-2/h6-8H,2-5H2,1H3;3-4H,1-2H2. The van der Waals surface area contributed by atoms with Gasteiger partial charge in [0.05, 0.1) is 12.5 Å². The third-order valence-electron chi connectivity index (χ3n) is 1.44. The van der Waals surface area contributed by atoms with Gasteiger partial charge in [0, 0.05) is 13.2 Å². The normalized spacial score (nSPS) is 8.62. The Balaban J connectivity index is 0. The van der Waals surface area contributed by atoms with Crippen molar-refractivity contribution in [3.63, 3.8) is 0 Å². The Hall–Kier alpha value is -0.800. The van der Waals surface area contributed by atoms with E-state index in [2.05, 4.69) is 17.9 Å². The Morgan fingerprint density at radius 3 is 1.69 bits per heavy atom. The smallest absolute Gasteiger partial charge is 0.0829 e. The van der Waals surface area contributed by atoms with Crippen LogP contribution in [0.1, 0.15) is 19.8 Å². The topological polar surface area (TPSA) is 49.7 Å². The Bertz CT molecular complexity index is 101. The molecule has 0 fully saturated rings. The molecule has 0 spiro atoms. The molecule has 0 bridgehead atoms. The van der Waals surface area contributed by atoms with E-state index >= 15 is 0 Å². The number of hydrogen-bond acceptors (Lipinski definition) is 3. The van der Waals surface area contributed by atoms with E-state index in [1.807, 2.05) is 6.92 Å². The molecule has 0 atom stereocenters. The Labute approximate surface area is 80.4 Å². The molecule has 0 aromatic carbocycles. The van der Waals surface area contributed by atoms with Gasteiger partial charge in [0.2, 0.25) is 0 Å². The molecule has 0 aliphatic carbocycles. The van der Waals surface area contributed by atoms with E-state index in [0.29, 0.717) is 5.92 Å². The summed E-state index contributed by atoms with van der Waals surface area (Å²) in [7, 11) is 0. The molecule has 0 amide bonds. The minimum Gasteiger partial charge on any atom is -0.474 e. The molecule has 0 aromatic heterocycles. The highest BCUT2D eigenvalue weighted by atomic mass is 16.5. The number of aliphatic hydroxyl groups is 2. The fourth-order valence-electron chi connectivity index (χ4n) is 0.653. The van der Waals surface area contributed by atoms with Gasteiger partial charge in [-0.2, -0.15) is 0 Å². The van der Waals surface area contributed by atoms with Crippen molar-refractivity contribution in [2.45, 2.75) is 19.8 Å². The Morgan fingerprint density at radius 1 is 1.15 bits per heavy atom. The molecule has 0 saturated heterocycles. The predicted octanol–water partition coefficient (Wildman–Crippen LogP) is 1.68. The van der Waals surface area contributed by atoms with E-state index in [1.165, 1.54) is 12.5 Å². The van der Waals surface area contributed by atoms with Crippen LogP contribution in [0.3, 0.4) is 0 Å². The summed E-state index contributed by atoms with van der Waals surface area (Å²) in [4.78, 5) is 0. The molecule has 2 N–H and O–H groups in total. The zero-order valence-electron chi connectivity index (χ0n) is 8.28. The van der Waals surface area contributed by atoms with Gasteiger partial charge < -0.3 is 14.9 Å². The average molecular weight is 188 g/mol. The third kappa shape index (κ3) is 18.3. The summed E-state index contributed by atoms with van der Waals surface area (Å²) in [6.45, 7) is 9.01. The van der Waals surface area contributed by atoms with Crippen LogP contribution in [-0.4, -0.2) is 23.4 Å². The molecular formula is C10H20O3. The lowest BCUT2D eigenvalue weighted by Gasteiger charge is -2.04. The summed E-state index contributed by atoms with van der Waals surface area (Å²) in [5.74, 6) is 0.463. The predicted molar refractivity (Wildman–Crippen MR) is 54.0 cm³/mol. The summed E-state index contributed by atoms with van der Waals surface area (Å²) >= 11 is 0. The zero-order valence-corrected chi connectivity index (χ0v) is 8.28. The monoisotopic (exact) mass is 188 g/mol. The van der Waals surface area contributed by atoms with Gasteiger partial charge in [-0.05, 0) is 18.8 Å². The molecular weight excluding hydrogens is 168 g/mol. The van der Waals surface area contributed by atoms with Crippen LogP contribution in [0.2, 0.25) is 0 Å². The molecule has 0 saturated carbocycles. The summed E-state index contributed by atoms with van der Waals surface area (Å²) < 4.78 is 4.36. The second-order valence-electron chi connectivity index (χ2n) is 2.60. The molecule has 3 nitrogen and oxygen atoms in total. The van der Waals surface area contributed by atoms with Crippen molar-refractivity contribution in [2.24, 2.45) is 5.92 Å². The van der Waals surface area contributed by atoms with Gasteiger partial charge in [0.15, 0.2) is 0 Å². The van der Waals surface area contributed by atoms with Crippen LogP contribution >= 0.6 is 0 Å². The van der Waals surface area contributed by atoms with Crippen molar-refractivity contribution in [1.29, 1.82) is 0 Å². The van der Waals surface area contributed by atoms with Gasteiger partial charge in [0.1, 0.15) is 0 Å². The summed E-state index contributed by atoms with van der Waals surface area (Å²) in [5, 5.41) is 16.8. The van der Waals surface area contributed by atoms with Gasteiger partial charge >= 0.3 is 0 Å². The van der Waals surface area contributed by atoms with Gasteiger partial charge in [-0.15, -0.1) is 0 Å². The van der Waals surface area contributed by atoms with Crippen LogP contribution in [-0.2, 0) is 4.74 Å². The summed E-state index contributed by atoms with van der Waals surface area (Å²) in [5.41, 5.74) is 0. The van der Waals surface area contributed by atoms with E-state index in [-0.39, 0.29) is 13.2 Å². The number of ether oxygens (including phenoxy) is 1. The molecule has 0 radical (unpaired) electrons. The minimum atomic E-state index is 0.237. The van der Waals surface area contributed by atoms with Gasteiger partial charge in [-0.25, -0.2) is 0 Å². The average Bonchev–Trinajstić information content (AvgIpc) is 2.08. The molecule has 0 aliphatic rings. The first-order valence-electron chi connectivity index (χ1n) is 4.31. The minimum absolute atomic E-state index is 0.237. The first-order chi connectivity index (χ1) is 6.22. The SMILES string of the molecule is C=COC=C.CC(CCO)CCO. The second-order valence-corrected chi connectivity index (χ2v) is 2.60. The van der Waals surface area contributed by atoms with Crippen LogP contribution in [0.4, 0.5) is 0 Å². The molecule has 0 aromatic rings. The van der Waals surface area contributed by atoms with E-state index in [4.69, 9.17) is 10.2 Å². The lowest BCUT2D eigenvalue weighted by atomic mass is 10.1.